The summed E-state index contributed by atoms with van der Waals surface area (Å²) in [4.78, 5) is 6.68. The predicted molar refractivity (Wildman–Crippen MR) is 62.8 cm³/mol. The highest BCUT2D eigenvalue weighted by Gasteiger charge is 2.24. The first-order valence-corrected chi connectivity index (χ1v) is 5.76. The van der Waals surface area contributed by atoms with Crippen molar-refractivity contribution in [1.82, 2.24) is 4.98 Å². The normalized spacial score (nSPS) is 20.9. The number of nitrogens with zero attached hydrogens (tertiary/aromatic N) is 2. The van der Waals surface area contributed by atoms with E-state index in [1.54, 1.807) is 0 Å². The molecular weight excluding hydrogens is 186 g/mol. The molecule has 1 unspecified atom stereocenters. The van der Waals surface area contributed by atoms with Gasteiger partial charge in [-0.25, -0.2) is 0 Å². The Balaban J connectivity index is 2.27. The van der Waals surface area contributed by atoms with Crippen molar-refractivity contribution >= 4 is 5.69 Å². The zero-order chi connectivity index (χ0) is 10.7. The number of aromatic nitrogens is 1. The monoisotopic (exact) mass is 205 g/mol. The van der Waals surface area contributed by atoms with Gasteiger partial charge in [-0.3, -0.25) is 4.98 Å². The van der Waals surface area contributed by atoms with Crippen LogP contribution in [0.4, 0.5) is 5.69 Å². The molecule has 0 spiro atoms. The van der Waals surface area contributed by atoms with Crippen LogP contribution >= 0.6 is 0 Å². The summed E-state index contributed by atoms with van der Waals surface area (Å²) in [5, 5.41) is 0. The summed E-state index contributed by atoms with van der Waals surface area (Å²) in [5.74, 6) is 0. The summed E-state index contributed by atoms with van der Waals surface area (Å²) >= 11 is 0. The Morgan fingerprint density at radius 3 is 3.20 bits per heavy atom. The average molecular weight is 205 g/mol. The summed E-state index contributed by atoms with van der Waals surface area (Å²) in [6.07, 6.45) is 7.57. The van der Waals surface area contributed by atoms with E-state index in [9.17, 15) is 0 Å². The average Bonchev–Trinajstić information content (AvgIpc) is 2.76. The molecule has 0 aromatic carbocycles. The van der Waals surface area contributed by atoms with E-state index in [1.165, 1.54) is 30.5 Å². The molecule has 1 aliphatic heterocycles. The third-order valence-corrected chi connectivity index (χ3v) is 3.27. The van der Waals surface area contributed by atoms with E-state index < -0.39 is 0 Å². The highest BCUT2D eigenvalue weighted by atomic mass is 15.2. The minimum Gasteiger partial charge on any atom is -0.367 e. The predicted octanol–water partition coefficient (Wildman–Crippen LogP) is 1.92. The van der Waals surface area contributed by atoms with Gasteiger partial charge in [-0.2, -0.15) is 0 Å². The zero-order valence-corrected chi connectivity index (χ0v) is 9.32. The van der Waals surface area contributed by atoms with Crippen LogP contribution in [0.3, 0.4) is 0 Å². The third-order valence-electron chi connectivity index (χ3n) is 3.27. The second-order valence-corrected chi connectivity index (χ2v) is 4.11. The molecule has 0 aliphatic carbocycles. The van der Waals surface area contributed by atoms with Crippen molar-refractivity contribution in [2.45, 2.75) is 38.8 Å². The lowest BCUT2D eigenvalue weighted by Gasteiger charge is -2.27. The largest absolute Gasteiger partial charge is 0.367 e. The maximum absolute atomic E-state index is 5.75. The van der Waals surface area contributed by atoms with Crippen molar-refractivity contribution in [3.05, 3.63) is 24.0 Å². The molecular formula is C12H19N3. The molecule has 82 valence electrons. The van der Waals surface area contributed by atoms with Crippen molar-refractivity contribution in [2.24, 2.45) is 5.73 Å². The fraction of sp³-hybridized carbons (Fsp3) is 0.583. The Morgan fingerprint density at radius 1 is 1.60 bits per heavy atom. The van der Waals surface area contributed by atoms with E-state index in [0.29, 0.717) is 12.6 Å². The lowest BCUT2D eigenvalue weighted by Crippen LogP contribution is -2.29. The smallest absolute Gasteiger partial charge is 0.0600 e. The topological polar surface area (TPSA) is 42.2 Å². The molecule has 1 aromatic heterocycles. The zero-order valence-electron chi connectivity index (χ0n) is 9.32. The lowest BCUT2D eigenvalue weighted by atomic mass is 10.1. The Morgan fingerprint density at radius 2 is 2.47 bits per heavy atom. The first-order chi connectivity index (χ1) is 7.36. The lowest BCUT2D eigenvalue weighted by molar-refractivity contribution is 0.643. The molecule has 0 radical (unpaired) electrons. The maximum atomic E-state index is 5.75. The number of pyridine rings is 1. The van der Waals surface area contributed by atoms with Gasteiger partial charge in [0.25, 0.3) is 0 Å². The van der Waals surface area contributed by atoms with Gasteiger partial charge in [0.05, 0.1) is 11.9 Å². The fourth-order valence-corrected chi connectivity index (χ4v) is 2.42. The molecule has 2 heterocycles. The van der Waals surface area contributed by atoms with Crippen molar-refractivity contribution in [3.8, 4) is 0 Å². The summed E-state index contributed by atoms with van der Waals surface area (Å²) < 4.78 is 0. The summed E-state index contributed by atoms with van der Waals surface area (Å²) in [6.45, 7) is 4.00. The van der Waals surface area contributed by atoms with Crippen molar-refractivity contribution in [2.75, 3.05) is 11.4 Å². The molecule has 3 heteroatoms. The standard InChI is InChI=1S/C12H19N3/c1-2-11-4-3-7-15(11)12-9-14-6-5-10(12)8-13/h5-6,9,11H,2-4,7-8,13H2,1H3. The number of anilines is 1. The van der Waals surface area contributed by atoms with Gasteiger partial charge in [0.15, 0.2) is 0 Å². The molecule has 2 rings (SSSR count). The number of hydrogen-bond donors (Lipinski definition) is 1. The Hall–Kier alpha value is -1.09. The van der Waals surface area contributed by atoms with Crippen LogP contribution in [0.15, 0.2) is 18.5 Å². The molecule has 2 N–H and O–H groups in total. The molecule has 1 aromatic rings. The number of rotatable bonds is 3. The fourth-order valence-electron chi connectivity index (χ4n) is 2.42. The third kappa shape index (κ3) is 1.97. The van der Waals surface area contributed by atoms with E-state index in [2.05, 4.69) is 16.8 Å². The molecule has 1 fully saturated rings. The van der Waals surface area contributed by atoms with Crippen molar-refractivity contribution < 1.29 is 0 Å². The van der Waals surface area contributed by atoms with Crippen LogP contribution in [0.25, 0.3) is 0 Å². The SMILES string of the molecule is CCC1CCCN1c1cnccc1CN. The molecule has 1 atom stereocenters. The first kappa shape index (κ1) is 10.4. The summed E-state index contributed by atoms with van der Waals surface area (Å²) in [5.41, 5.74) is 8.20. The molecule has 0 saturated carbocycles. The minimum atomic E-state index is 0.602. The molecule has 1 saturated heterocycles. The van der Waals surface area contributed by atoms with E-state index >= 15 is 0 Å². The minimum absolute atomic E-state index is 0.602. The highest BCUT2D eigenvalue weighted by molar-refractivity contribution is 5.53. The highest BCUT2D eigenvalue weighted by Crippen LogP contribution is 2.29. The van der Waals surface area contributed by atoms with Crippen molar-refractivity contribution in [3.63, 3.8) is 0 Å². The van der Waals surface area contributed by atoms with Gasteiger partial charge in [0, 0.05) is 25.3 Å². The van der Waals surface area contributed by atoms with Crippen LogP contribution in [0.1, 0.15) is 31.7 Å². The van der Waals surface area contributed by atoms with Gasteiger partial charge < -0.3 is 10.6 Å². The van der Waals surface area contributed by atoms with Crippen molar-refractivity contribution in [1.29, 1.82) is 0 Å². The van der Waals surface area contributed by atoms with Crippen LogP contribution in [-0.4, -0.2) is 17.6 Å². The Labute approximate surface area is 91.3 Å². The quantitative estimate of drug-likeness (QED) is 0.819. The van der Waals surface area contributed by atoms with Gasteiger partial charge in [0.2, 0.25) is 0 Å². The number of nitrogens with two attached hydrogens (primary N) is 1. The summed E-state index contributed by atoms with van der Waals surface area (Å²) in [6, 6.07) is 2.71. The van der Waals surface area contributed by atoms with Gasteiger partial charge in [-0.1, -0.05) is 6.92 Å². The maximum Gasteiger partial charge on any atom is 0.0600 e. The van der Waals surface area contributed by atoms with Crippen LogP contribution in [-0.2, 0) is 6.54 Å². The van der Waals surface area contributed by atoms with Gasteiger partial charge in [0.1, 0.15) is 0 Å². The van der Waals surface area contributed by atoms with Gasteiger partial charge in [-0.05, 0) is 30.9 Å². The second kappa shape index (κ2) is 4.62. The Bertz CT molecular complexity index is 324. The molecule has 15 heavy (non-hydrogen) atoms. The number of hydrogen-bond acceptors (Lipinski definition) is 3. The van der Waals surface area contributed by atoms with Gasteiger partial charge >= 0.3 is 0 Å². The van der Waals surface area contributed by atoms with E-state index in [-0.39, 0.29) is 0 Å². The molecule has 1 aliphatic rings. The van der Waals surface area contributed by atoms with Crippen LogP contribution in [0.5, 0.6) is 0 Å². The second-order valence-electron chi connectivity index (χ2n) is 4.11. The first-order valence-electron chi connectivity index (χ1n) is 5.76. The Kier molecular flexibility index (Phi) is 3.21. The molecule has 0 bridgehead atoms. The van der Waals surface area contributed by atoms with E-state index in [1.807, 2.05) is 18.5 Å². The van der Waals surface area contributed by atoms with Crippen LogP contribution in [0.2, 0.25) is 0 Å². The molecule has 0 amide bonds. The van der Waals surface area contributed by atoms with Crippen LogP contribution < -0.4 is 10.6 Å². The summed E-state index contributed by atoms with van der Waals surface area (Å²) in [7, 11) is 0. The van der Waals surface area contributed by atoms with E-state index in [4.69, 9.17) is 5.73 Å². The molecule has 3 nitrogen and oxygen atoms in total. The van der Waals surface area contributed by atoms with Gasteiger partial charge in [-0.15, -0.1) is 0 Å². The van der Waals surface area contributed by atoms with E-state index in [0.717, 1.165) is 6.54 Å². The van der Waals surface area contributed by atoms with Crippen LogP contribution in [0, 0.1) is 0 Å².